The molecular formula is C26H26FN5O2. The first-order valence-electron chi connectivity index (χ1n) is 11.5. The summed E-state index contributed by atoms with van der Waals surface area (Å²) in [6.45, 7) is 4.22. The summed E-state index contributed by atoms with van der Waals surface area (Å²) in [7, 11) is 0. The van der Waals surface area contributed by atoms with E-state index in [2.05, 4.69) is 15.0 Å². The van der Waals surface area contributed by atoms with E-state index in [4.69, 9.17) is 9.72 Å². The van der Waals surface area contributed by atoms with Crippen molar-refractivity contribution in [3.05, 3.63) is 83.0 Å². The second-order valence-electron chi connectivity index (χ2n) is 8.22. The number of hydrogen-bond acceptors (Lipinski definition) is 5. The van der Waals surface area contributed by atoms with Crippen LogP contribution in [0.25, 0.3) is 22.5 Å². The van der Waals surface area contributed by atoms with Crippen LogP contribution in [0.1, 0.15) is 25.8 Å². The molecule has 0 spiro atoms. The van der Waals surface area contributed by atoms with Gasteiger partial charge in [0, 0.05) is 12.7 Å². The summed E-state index contributed by atoms with van der Waals surface area (Å²) < 4.78 is 23.4. The Morgan fingerprint density at radius 3 is 2.50 bits per heavy atom. The van der Waals surface area contributed by atoms with E-state index < -0.39 is 0 Å². The molecule has 1 fully saturated rings. The van der Waals surface area contributed by atoms with Crippen LogP contribution in [0.2, 0.25) is 0 Å². The van der Waals surface area contributed by atoms with Crippen LogP contribution in [0.4, 0.5) is 4.39 Å². The molecule has 1 N–H and O–H groups in total. The number of para-hydroxylation sites is 1. The molecule has 0 radical (unpaired) electrons. The minimum absolute atomic E-state index is 0.119. The van der Waals surface area contributed by atoms with Crippen LogP contribution in [0.5, 0.6) is 11.8 Å². The number of ether oxygens (including phenoxy) is 1. The van der Waals surface area contributed by atoms with Gasteiger partial charge in [-0.2, -0.15) is 4.98 Å². The first kappa shape index (κ1) is 22.0. The number of halogens is 1. The molecule has 0 bridgehead atoms. The van der Waals surface area contributed by atoms with Gasteiger partial charge < -0.3 is 10.1 Å². The van der Waals surface area contributed by atoms with E-state index in [1.807, 2.05) is 37.3 Å². The van der Waals surface area contributed by atoms with Gasteiger partial charge >= 0.3 is 6.01 Å². The molecular weight excluding hydrogens is 433 g/mol. The molecule has 0 saturated carbocycles. The number of hydrogen-bond donors (Lipinski definition) is 1. The van der Waals surface area contributed by atoms with Gasteiger partial charge in [-0.15, -0.1) is 0 Å². The minimum Gasteiger partial charge on any atom is -0.424 e. The lowest BCUT2D eigenvalue weighted by molar-refractivity contribution is 0.302. The van der Waals surface area contributed by atoms with Crippen molar-refractivity contribution in [3.63, 3.8) is 0 Å². The zero-order chi connectivity index (χ0) is 23.5. The fourth-order valence-corrected chi connectivity index (χ4v) is 4.53. The van der Waals surface area contributed by atoms with Crippen LogP contribution in [-0.2, 0) is 6.54 Å². The molecule has 8 heteroatoms. The van der Waals surface area contributed by atoms with Gasteiger partial charge in [-0.25, -0.2) is 14.1 Å². The van der Waals surface area contributed by atoms with E-state index in [9.17, 15) is 9.18 Å². The predicted octanol–water partition coefficient (Wildman–Crippen LogP) is 4.65. The molecule has 4 aromatic rings. The number of piperidine rings is 1. The van der Waals surface area contributed by atoms with Gasteiger partial charge in [0.05, 0.1) is 23.0 Å². The molecule has 34 heavy (non-hydrogen) atoms. The second-order valence-corrected chi connectivity index (χ2v) is 8.22. The average molecular weight is 460 g/mol. The van der Waals surface area contributed by atoms with Gasteiger partial charge in [0.1, 0.15) is 11.6 Å². The normalized spacial score (nSPS) is 14.3. The van der Waals surface area contributed by atoms with Crippen LogP contribution in [0.3, 0.4) is 0 Å². The zero-order valence-electron chi connectivity index (χ0n) is 18.9. The van der Waals surface area contributed by atoms with Crippen molar-refractivity contribution < 1.29 is 9.13 Å². The third-order valence-electron chi connectivity index (χ3n) is 6.09. The predicted molar refractivity (Wildman–Crippen MR) is 128 cm³/mol. The SMILES string of the molecule is CCn1c(=O)c(-c2ccc(F)cc2)c(-c2ccnc(Oc3ccccc3)n2)n1C1CCNCC1. The van der Waals surface area contributed by atoms with E-state index in [1.165, 1.54) is 12.1 Å². The molecule has 2 aromatic heterocycles. The summed E-state index contributed by atoms with van der Waals surface area (Å²) in [6.07, 6.45) is 3.42. The summed E-state index contributed by atoms with van der Waals surface area (Å²) >= 11 is 0. The largest absolute Gasteiger partial charge is 0.424 e. The maximum Gasteiger partial charge on any atom is 0.322 e. The van der Waals surface area contributed by atoms with Gasteiger partial charge in [-0.05, 0) is 68.8 Å². The highest BCUT2D eigenvalue weighted by atomic mass is 19.1. The Bertz CT molecular complexity index is 1330. The van der Waals surface area contributed by atoms with E-state index in [1.54, 1.807) is 29.1 Å². The summed E-state index contributed by atoms with van der Waals surface area (Å²) in [5.74, 6) is 0.278. The minimum atomic E-state index is -0.348. The third kappa shape index (κ3) is 4.24. The zero-order valence-corrected chi connectivity index (χ0v) is 18.9. The number of nitrogens with one attached hydrogen (secondary N) is 1. The fourth-order valence-electron chi connectivity index (χ4n) is 4.53. The highest BCUT2D eigenvalue weighted by Crippen LogP contribution is 2.34. The third-order valence-corrected chi connectivity index (χ3v) is 6.09. The number of benzene rings is 2. The van der Waals surface area contributed by atoms with E-state index in [-0.39, 0.29) is 23.4 Å². The van der Waals surface area contributed by atoms with Gasteiger partial charge in [-0.1, -0.05) is 30.3 Å². The quantitative estimate of drug-likeness (QED) is 0.454. The Morgan fingerprint density at radius 2 is 1.79 bits per heavy atom. The first-order valence-corrected chi connectivity index (χ1v) is 11.5. The van der Waals surface area contributed by atoms with E-state index >= 15 is 0 Å². The molecule has 0 aliphatic carbocycles. The van der Waals surface area contributed by atoms with Crippen LogP contribution in [-0.4, -0.2) is 32.4 Å². The summed E-state index contributed by atoms with van der Waals surface area (Å²) in [6, 6.07) is 17.5. The lowest BCUT2D eigenvalue weighted by Gasteiger charge is -2.28. The highest BCUT2D eigenvalue weighted by molar-refractivity contribution is 5.79. The van der Waals surface area contributed by atoms with Gasteiger partial charge in [-0.3, -0.25) is 9.48 Å². The fraction of sp³-hybridized carbons (Fsp3) is 0.269. The molecule has 5 rings (SSSR count). The maximum atomic E-state index is 13.7. The van der Waals surface area contributed by atoms with Crippen molar-refractivity contribution in [2.24, 2.45) is 0 Å². The molecule has 1 aliphatic heterocycles. The van der Waals surface area contributed by atoms with Crippen molar-refractivity contribution in [3.8, 4) is 34.3 Å². The molecule has 1 saturated heterocycles. The molecule has 3 heterocycles. The van der Waals surface area contributed by atoms with Gasteiger partial charge in [0.2, 0.25) is 0 Å². The number of aromatic nitrogens is 4. The van der Waals surface area contributed by atoms with Crippen LogP contribution in [0.15, 0.2) is 71.7 Å². The lowest BCUT2D eigenvalue weighted by atomic mass is 10.0. The van der Waals surface area contributed by atoms with Gasteiger partial charge in [0.25, 0.3) is 5.56 Å². The average Bonchev–Trinajstić information content (AvgIpc) is 3.18. The van der Waals surface area contributed by atoms with Crippen LogP contribution < -0.4 is 15.6 Å². The standard InChI is InChI=1S/C26H26FN5O2/c1-2-31-25(33)23(18-8-10-19(27)11-9-18)24(32(31)20-12-15-28-16-13-20)22-14-17-29-26(30-22)34-21-6-4-3-5-7-21/h3-11,14,17,20,28H,2,12-13,15-16H2,1H3. The molecule has 0 unspecified atom stereocenters. The second kappa shape index (κ2) is 9.61. The number of nitrogens with zero attached hydrogens (tertiary/aromatic N) is 4. The Labute approximate surface area is 196 Å². The number of rotatable bonds is 6. The topological polar surface area (TPSA) is 74.0 Å². The Hall–Kier alpha value is -3.78. The van der Waals surface area contributed by atoms with E-state index in [0.717, 1.165) is 25.9 Å². The summed E-state index contributed by atoms with van der Waals surface area (Å²) in [5.41, 5.74) is 2.32. The molecule has 1 aliphatic rings. The smallest absolute Gasteiger partial charge is 0.322 e. The maximum absolute atomic E-state index is 13.7. The van der Waals surface area contributed by atoms with Crippen molar-refractivity contribution in [2.45, 2.75) is 32.4 Å². The van der Waals surface area contributed by atoms with Crippen molar-refractivity contribution in [1.82, 2.24) is 24.6 Å². The van der Waals surface area contributed by atoms with Gasteiger partial charge in [0.15, 0.2) is 0 Å². The monoisotopic (exact) mass is 459 g/mol. The van der Waals surface area contributed by atoms with Crippen molar-refractivity contribution in [1.29, 1.82) is 0 Å². The Kier molecular flexibility index (Phi) is 6.22. The molecule has 2 aromatic carbocycles. The summed E-state index contributed by atoms with van der Waals surface area (Å²) in [5, 5.41) is 3.39. The molecule has 0 atom stereocenters. The van der Waals surface area contributed by atoms with Crippen LogP contribution >= 0.6 is 0 Å². The summed E-state index contributed by atoms with van der Waals surface area (Å²) in [4.78, 5) is 22.6. The van der Waals surface area contributed by atoms with Crippen molar-refractivity contribution >= 4 is 0 Å². The Morgan fingerprint density at radius 1 is 1.06 bits per heavy atom. The Balaban J connectivity index is 1.70. The van der Waals surface area contributed by atoms with Crippen LogP contribution in [0, 0.1) is 5.82 Å². The van der Waals surface area contributed by atoms with Crippen molar-refractivity contribution in [2.75, 3.05) is 13.1 Å². The molecule has 7 nitrogen and oxygen atoms in total. The molecule has 174 valence electrons. The van der Waals surface area contributed by atoms with E-state index in [0.29, 0.717) is 34.8 Å². The lowest BCUT2D eigenvalue weighted by Crippen LogP contribution is -2.34. The highest BCUT2D eigenvalue weighted by Gasteiger charge is 2.28. The molecule has 0 amide bonds. The first-order chi connectivity index (χ1) is 16.7.